The van der Waals surface area contributed by atoms with Crippen molar-refractivity contribution in [1.29, 1.82) is 0 Å². The van der Waals surface area contributed by atoms with Gasteiger partial charge < -0.3 is 10.6 Å². The van der Waals surface area contributed by atoms with E-state index in [1.165, 1.54) is 6.07 Å². The van der Waals surface area contributed by atoms with Crippen LogP contribution >= 0.6 is 0 Å². The summed E-state index contributed by atoms with van der Waals surface area (Å²) >= 11 is 0. The molecule has 1 saturated heterocycles. The Morgan fingerprint density at radius 1 is 1.33 bits per heavy atom. The van der Waals surface area contributed by atoms with Gasteiger partial charge in [0.1, 0.15) is 0 Å². The van der Waals surface area contributed by atoms with Crippen LogP contribution in [0.5, 0.6) is 0 Å². The second-order valence-corrected chi connectivity index (χ2v) is 7.08. The first-order valence-corrected chi connectivity index (χ1v) is 8.47. The lowest BCUT2D eigenvalue weighted by Gasteiger charge is -2.21. The Morgan fingerprint density at radius 2 is 1.95 bits per heavy atom. The molecule has 21 heavy (non-hydrogen) atoms. The van der Waals surface area contributed by atoms with E-state index in [4.69, 9.17) is 5.73 Å². The Balaban J connectivity index is 2.16. The monoisotopic (exact) mass is 311 g/mol. The minimum Gasteiger partial charge on any atom is -0.399 e. The van der Waals surface area contributed by atoms with E-state index in [9.17, 15) is 13.2 Å². The summed E-state index contributed by atoms with van der Waals surface area (Å²) in [7, 11) is -3.76. The standard InChI is InChI=1S/C14H21N3O3S/c1-10-5-6-12(15)9-13(10)21(19,20)16-11(2)14(18)17-7-3-4-8-17/h5-6,9,11,16H,3-4,7-8,15H2,1-2H3. The third kappa shape index (κ3) is 3.54. The molecule has 1 amide bonds. The molecule has 1 fully saturated rings. The highest BCUT2D eigenvalue weighted by Gasteiger charge is 2.28. The number of hydrogen-bond donors (Lipinski definition) is 2. The number of nitrogens with two attached hydrogens (primary N) is 1. The zero-order valence-corrected chi connectivity index (χ0v) is 13.1. The van der Waals surface area contributed by atoms with Crippen LogP contribution in [0.1, 0.15) is 25.3 Å². The minimum absolute atomic E-state index is 0.114. The SMILES string of the molecule is Cc1ccc(N)cc1S(=O)(=O)NC(C)C(=O)N1CCCC1. The topological polar surface area (TPSA) is 92.5 Å². The summed E-state index contributed by atoms with van der Waals surface area (Å²) in [6.07, 6.45) is 1.94. The summed E-state index contributed by atoms with van der Waals surface area (Å²) in [5.74, 6) is -0.183. The summed E-state index contributed by atoms with van der Waals surface area (Å²) in [4.78, 5) is 14.0. The maximum absolute atomic E-state index is 12.4. The number of benzene rings is 1. The summed E-state index contributed by atoms with van der Waals surface area (Å²) < 4.78 is 27.2. The van der Waals surface area contributed by atoms with Crippen molar-refractivity contribution in [1.82, 2.24) is 9.62 Å². The fraction of sp³-hybridized carbons (Fsp3) is 0.500. The summed E-state index contributed by atoms with van der Waals surface area (Å²) in [5, 5.41) is 0. The van der Waals surface area contributed by atoms with Gasteiger partial charge in [-0.2, -0.15) is 4.72 Å². The number of amides is 1. The van der Waals surface area contributed by atoms with Gasteiger partial charge in [-0.15, -0.1) is 0 Å². The number of carbonyl (C=O) groups is 1. The van der Waals surface area contributed by atoms with Gasteiger partial charge in [0, 0.05) is 18.8 Å². The van der Waals surface area contributed by atoms with Crippen molar-refractivity contribution in [2.24, 2.45) is 0 Å². The molecule has 1 aromatic carbocycles. The molecule has 0 aliphatic carbocycles. The molecule has 3 N–H and O–H groups in total. The molecule has 1 aromatic rings. The molecule has 2 rings (SSSR count). The van der Waals surface area contributed by atoms with Gasteiger partial charge in [-0.1, -0.05) is 6.07 Å². The largest absolute Gasteiger partial charge is 0.399 e. The highest BCUT2D eigenvalue weighted by molar-refractivity contribution is 7.89. The summed E-state index contributed by atoms with van der Waals surface area (Å²) in [6, 6.07) is 3.92. The maximum atomic E-state index is 12.4. The molecule has 1 unspecified atom stereocenters. The molecular weight excluding hydrogens is 290 g/mol. The second-order valence-electron chi connectivity index (χ2n) is 5.40. The third-order valence-electron chi connectivity index (χ3n) is 3.62. The van der Waals surface area contributed by atoms with Gasteiger partial charge in [0.15, 0.2) is 0 Å². The van der Waals surface area contributed by atoms with Gasteiger partial charge in [-0.05, 0) is 44.4 Å². The van der Waals surface area contributed by atoms with E-state index in [1.54, 1.807) is 30.9 Å². The fourth-order valence-electron chi connectivity index (χ4n) is 2.46. The smallest absolute Gasteiger partial charge is 0.241 e. The van der Waals surface area contributed by atoms with E-state index in [1.807, 2.05) is 0 Å². The second kappa shape index (κ2) is 6.03. The lowest BCUT2D eigenvalue weighted by Crippen LogP contribution is -2.45. The van der Waals surface area contributed by atoms with Crippen molar-refractivity contribution in [2.75, 3.05) is 18.8 Å². The predicted molar refractivity (Wildman–Crippen MR) is 81.2 cm³/mol. The van der Waals surface area contributed by atoms with Crippen molar-refractivity contribution in [3.8, 4) is 0 Å². The van der Waals surface area contributed by atoms with E-state index in [0.717, 1.165) is 12.8 Å². The minimum atomic E-state index is -3.76. The number of aryl methyl sites for hydroxylation is 1. The molecule has 1 atom stereocenters. The van der Waals surface area contributed by atoms with Crippen LogP contribution in [-0.4, -0.2) is 38.4 Å². The maximum Gasteiger partial charge on any atom is 0.241 e. The van der Waals surface area contributed by atoms with Crippen LogP contribution in [0.25, 0.3) is 0 Å². The van der Waals surface area contributed by atoms with Crippen molar-refractivity contribution < 1.29 is 13.2 Å². The Hall–Kier alpha value is -1.60. The highest BCUT2D eigenvalue weighted by Crippen LogP contribution is 2.19. The zero-order valence-electron chi connectivity index (χ0n) is 12.3. The molecular formula is C14H21N3O3S. The van der Waals surface area contributed by atoms with Crippen LogP contribution in [0.2, 0.25) is 0 Å². The van der Waals surface area contributed by atoms with E-state index < -0.39 is 16.1 Å². The van der Waals surface area contributed by atoms with E-state index in [0.29, 0.717) is 24.3 Å². The lowest BCUT2D eigenvalue weighted by atomic mass is 10.2. The number of nitrogens with zero attached hydrogens (tertiary/aromatic N) is 1. The molecule has 6 nitrogen and oxygen atoms in total. The van der Waals surface area contributed by atoms with E-state index in [2.05, 4.69) is 4.72 Å². The number of carbonyl (C=O) groups excluding carboxylic acids is 1. The van der Waals surface area contributed by atoms with Crippen molar-refractivity contribution in [3.05, 3.63) is 23.8 Å². The van der Waals surface area contributed by atoms with Crippen molar-refractivity contribution in [2.45, 2.75) is 37.6 Å². The summed E-state index contributed by atoms with van der Waals surface area (Å²) in [6.45, 7) is 4.66. The first-order chi connectivity index (χ1) is 9.81. The molecule has 0 spiro atoms. The van der Waals surface area contributed by atoms with Crippen LogP contribution in [0, 0.1) is 6.92 Å². The average Bonchev–Trinajstić information content (AvgIpc) is 2.94. The number of nitrogens with one attached hydrogen (secondary N) is 1. The molecule has 7 heteroatoms. The van der Waals surface area contributed by atoms with Gasteiger partial charge in [0.25, 0.3) is 0 Å². The lowest BCUT2D eigenvalue weighted by molar-refractivity contribution is -0.131. The molecule has 0 aromatic heterocycles. The van der Waals surface area contributed by atoms with Gasteiger partial charge in [0.05, 0.1) is 10.9 Å². The average molecular weight is 311 g/mol. The van der Waals surface area contributed by atoms with Crippen LogP contribution in [0.4, 0.5) is 5.69 Å². The number of likely N-dealkylation sites (tertiary alicyclic amines) is 1. The van der Waals surface area contributed by atoms with Crippen LogP contribution in [0.3, 0.4) is 0 Å². The molecule has 0 saturated carbocycles. The van der Waals surface area contributed by atoms with Crippen molar-refractivity contribution >= 4 is 21.6 Å². The molecule has 0 radical (unpaired) electrons. The quantitative estimate of drug-likeness (QED) is 0.807. The number of hydrogen-bond acceptors (Lipinski definition) is 4. The van der Waals surface area contributed by atoms with Crippen LogP contribution < -0.4 is 10.5 Å². The Morgan fingerprint density at radius 3 is 2.57 bits per heavy atom. The Labute approximate surface area is 125 Å². The number of sulfonamides is 1. The number of nitrogen functional groups attached to an aromatic ring is 1. The van der Waals surface area contributed by atoms with Crippen LogP contribution in [0.15, 0.2) is 23.1 Å². The van der Waals surface area contributed by atoms with Gasteiger partial charge in [-0.25, -0.2) is 8.42 Å². The van der Waals surface area contributed by atoms with Gasteiger partial charge in [0.2, 0.25) is 15.9 Å². The van der Waals surface area contributed by atoms with Gasteiger partial charge in [-0.3, -0.25) is 4.79 Å². The molecule has 0 bridgehead atoms. The molecule has 1 heterocycles. The molecule has 116 valence electrons. The normalized spacial score (nSPS) is 17.0. The van der Waals surface area contributed by atoms with E-state index >= 15 is 0 Å². The zero-order chi connectivity index (χ0) is 15.6. The Bertz CT molecular complexity index is 637. The van der Waals surface area contributed by atoms with Crippen LogP contribution in [-0.2, 0) is 14.8 Å². The summed E-state index contributed by atoms with van der Waals surface area (Å²) in [5.41, 5.74) is 6.62. The number of rotatable bonds is 4. The molecule has 1 aliphatic rings. The van der Waals surface area contributed by atoms with E-state index in [-0.39, 0.29) is 10.8 Å². The van der Waals surface area contributed by atoms with Gasteiger partial charge >= 0.3 is 0 Å². The number of anilines is 1. The third-order valence-corrected chi connectivity index (χ3v) is 5.30. The molecule has 1 aliphatic heterocycles. The highest BCUT2D eigenvalue weighted by atomic mass is 32.2. The van der Waals surface area contributed by atoms with Crippen molar-refractivity contribution in [3.63, 3.8) is 0 Å². The fourth-order valence-corrected chi connectivity index (χ4v) is 3.94. The Kier molecular flexibility index (Phi) is 4.53. The predicted octanol–water partition coefficient (Wildman–Crippen LogP) is 0.866. The first-order valence-electron chi connectivity index (χ1n) is 6.98. The first kappa shape index (κ1) is 15.8.